The Kier molecular flexibility index (Phi) is 3.84. The van der Waals surface area contributed by atoms with E-state index in [0.29, 0.717) is 0 Å². The Labute approximate surface area is 109 Å². The molecule has 2 aromatic rings. The number of nitrogens with zero attached hydrogens (tertiary/aromatic N) is 1. The molecule has 1 aromatic carbocycles. The van der Waals surface area contributed by atoms with Crippen molar-refractivity contribution in [2.45, 2.75) is 26.4 Å². The summed E-state index contributed by atoms with van der Waals surface area (Å²) in [6.07, 6.45) is 2.74. The topological polar surface area (TPSA) is 37.9 Å². The lowest BCUT2D eigenvalue weighted by molar-refractivity contribution is 0.242. The van der Waals surface area contributed by atoms with Crippen molar-refractivity contribution < 1.29 is 4.74 Å². The van der Waals surface area contributed by atoms with Crippen LogP contribution >= 0.6 is 15.9 Å². The minimum Gasteiger partial charge on any atom is -0.491 e. The fourth-order valence-corrected chi connectivity index (χ4v) is 1.95. The summed E-state index contributed by atoms with van der Waals surface area (Å²) < 4.78 is 6.47. The van der Waals surface area contributed by atoms with Crippen molar-refractivity contribution >= 4 is 15.9 Å². The van der Waals surface area contributed by atoms with Gasteiger partial charge in [-0.1, -0.05) is 12.1 Å². The Balaban J connectivity index is 2.06. The van der Waals surface area contributed by atoms with Crippen LogP contribution in [0.1, 0.15) is 25.1 Å². The minimum absolute atomic E-state index is 0.211. The molecule has 0 fully saturated rings. The van der Waals surface area contributed by atoms with E-state index in [-0.39, 0.29) is 6.10 Å². The lowest BCUT2D eigenvalue weighted by Crippen LogP contribution is -2.05. The average molecular weight is 295 g/mol. The zero-order valence-electron chi connectivity index (χ0n) is 9.90. The second-order valence-corrected chi connectivity index (χ2v) is 4.91. The van der Waals surface area contributed by atoms with Crippen LogP contribution in [0, 0.1) is 0 Å². The maximum Gasteiger partial charge on any atom is 0.127 e. The number of aromatic amines is 1. The predicted molar refractivity (Wildman–Crippen MR) is 71.3 cm³/mol. The second-order valence-electron chi connectivity index (χ2n) is 4.16. The van der Waals surface area contributed by atoms with E-state index in [4.69, 9.17) is 4.74 Å². The van der Waals surface area contributed by atoms with Gasteiger partial charge in [-0.05, 0) is 47.5 Å². The highest BCUT2D eigenvalue weighted by Gasteiger charge is 2.04. The summed E-state index contributed by atoms with van der Waals surface area (Å²) in [6.45, 7) is 4.05. The van der Waals surface area contributed by atoms with Crippen molar-refractivity contribution in [2.75, 3.05) is 0 Å². The highest BCUT2D eigenvalue weighted by Crippen LogP contribution is 2.18. The summed E-state index contributed by atoms with van der Waals surface area (Å²) in [7, 11) is 0. The molecule has 0 spiro atoms. The molecule has 1 aromatic heterocycles. The molecule has 4 heteroatoms. The second kappa shape index (κ2) is 5.36. The zero-order valence-corrected chi connectivity index (χ0v) is 11.5. The number of nitrogens with one attached hydrogen (secondary N) is 1. The Morgan fingerprint density at radius 2 is 2.00 bits per heavy atom. The number of H-pyrrole nitrogens is 1. The average Bonchev–Trinajstić information content (AvgIpc) is 2.67. The third-order valence-corrected chi connectivity index (χ3v) is 3.03. The molecule has 0 aliphatic carbocycles. The van der Waals surface area contributed by atoms with Crippen LogP contribution in [0.3, 0.4) is 0 Å². The molecule has 0 bridgehead atoms. The van der Waals surface area contributed by atoms with E-state index >= 15 is 0 Å². The summed E-state index contributed by atoms with van der Waals surface area (Å²) in [6, 6.07) is 8.15. The molecule has 0 saturated heterocycles. The summed E-state index contributed by atoms with van der Waals surface area (Å²) >= 11 is 3.40. The standard InChI is InChI=1S/C13H15BrN2O/c1-9(2)17-11-5-3-10(4-6-11)7-12-13(14)16-8-15-12/h3-6,8-9H,7H2,1-2H3,(H,15,16). The molecule has 0 radical (unpaired) electrons. The van der Waals surface area contributed by atoms with Crippen LogP contribution in [0.15, 0.2) is 35.2 Å². The number of rotatable bonds is 4. The van der Waals surface area contributed by atoms with Gasteiger partial charge in [-0.15, -0.1) is 0 Å². The first kappa shape index (κ1) is 12.2. The molecule has 3 nitrogen and oxygen atoms in total. The first-order valence-corrected chi connectivity index (χ1v) is 6.38. The molecule has 0 unspecified atom stereocenters. The third kappa shape index (κ3) is 3.33. The molecule has 2 rings (SSSR count). The Bertz CT molecular complexity index is 476. The molecule has 1 N–H and O–H groups in total. The molecule has 1 heterocycles. The number of benzene rings is 1. The van der Waals surface area contributed by atoms with E-state index in [9.17, 15) is 0 Å². The summed E-state index contributed by atoms with van der Waals surface area (Å²) in [5.41, 5.74) is 2.31. The Morgan fingerprint density at radius 3 is 2.53 bits per heavy atom. The van der Waals surface area contributed by atoms with E-state index in [2.05, 4.69) is 38.0 Å². The van der Waals surface area contributed by atoms with Crippen LogP contribution in [0.4, 0.5) is 0 Å². The highest BCUT2D eigenvalue weighted by molar-refractivity contribution is 9.10. The fourth-order valence-electron chi connectivity index (χ4n) is 1.59. The molecular weight excluding hydrogens is 280 g/mol. The SMILES string of the molecule is CC(C)Oc1ccc(Cc2[nH]cnc2Br)cc1. The quantitative estimate of drug-likeness (QED) is 0.936. The maximum atomic E-state index is 5.60. The minimum atomic E-state index is 0.211. The predicted octanol–water partition coefficient (Wildman–Crippen LogP) is 3.55. The van der Waals surface area contributed by atoms with Gasteiger partial charge in [-0.25, -0.2) is 4.98 Å². The normalized spacial score (nSPS) is 10.8. The molecule has 0 saturated carbocycles. The van der Waals surface area contributed by atoms with Crippen LogP contribution < -0.4 is 4.74 Å². The monoisotopic (exact) mass is 294 g/mol. The van der Waals surface area contributed by atoms with Gasteiger partial charge in [0.2, 0.25) is 0 Å². The van der Waals surface area contributed by atoms with Crippen LogP contribution in [-0.4, -0.2) is 16.1 Å². The summed E-state index contributed by atoms with van der Waals surface area (Å²) in [5, 5.41) is 0. The van der Waals surface area contributed by atoms with Crippen LogP contribution in [0.2, 0.25) is 0 Å². The molecule has 17 heavy (non-hydrogen) atoms. The zero-order chi connectivity index (χ0) is 12.3. The number of hydrogen-bond donors (Lipinski definition) is 1. The highest BCUT2D eigenvalue weighted by atomic mass is 79.9. The molecule has 0 amide bonds. The summed E-state index contributed by atoms with van der Waals surface area (Å²) in [4.78, 5) is 7.22. The largest absolute Gasteiger partial charge is 0.491 e. The van der Waals surface area contributed by atoms with Crippen LogP contribution in [0.5, 0.6) is 5.75 Å². The molecule has 0 aliphatic rings. The van der Waals surface area contributed by atoms with Gasteiger partial charge in [-0.3, -0.25) is 0 Å². The molecule has 0 atom stereocenters. The van der Waals surface area contributed by atoms with Crippen LogP contribution in [0.25, 0.3) is 0 Å². The lowest BCUT2D eigenvalue weighted by Gasteiger charge is -2.09. The van der Waals surface area contributed by atoms with E-state index in [0.717, 1.165) is 22.5 Å². The van der Waals surface area contributed by atoms with Gasteiger partial charge in [0.05, 0.1) is 18.1 Å². The third-order valence-electron chi connectivity index (χ3n) is 2.34. The molecule has 0 aliphatic heterocycles. The van der Waals surface area contributed by atoms with Gasteiger partial charge in [0.15, 0.2) is 0 Å². The maximum absolute atomic E-state index is 5.60. The van der Waals surface area contributed by atoms with Gasteiger partial charge in [0.25, 0.3) is 0 Å². The molecule has 90 valence electrons. The van der Waals surface area contributed by atoms with E-state index in [1.807, 2.05) is 26.0 Å². The van der Waals surface area contributed by atoms with E-state index < -0.39 is 0 Å². The number of halogens is 1. The van der Waals surface area contributed by atoms with E-state index in [1.54, 1.807) is 6.33 Å². The van der Waals surface area contributed by atoms with Crippen LogP contribution in [-0.2, 0) is 6.42 Å². The van der Waals surface area contributed by atoms with Crippen molar-refractivity contribution in [3.8, 4) is 5.75 Å². The molecular formula is C13H15BrN2O. The van der Waals surface area contributed by atoms with Gasteiger partial charge >= 0.3 is 0 Å². The van der Waals surface area contributed by atoms with Crippen molar-refractivity contribution in [1.29, 1.82) is 0 Å². The van der Waals surface area contributed by atoms with Crippen molar-refractivity contribution in [3.63, 3.8) is 0 Å². The smallest absolute Gasteiger partial charge is 0.127 e. The number of ether oxygens (including phenoxy) is 1. The van der Waals surface area contributed by atoms with Gasteiger partial charge in [0.1, 0.15) is 10.4 Å². The lowest BCUT2D eigenvalue weighted by atomic mass is 10.1. The number of imidazole rings is 1. The van der Waals surface area contributed by atoms with Gasteiger partial charge < -0.3 is 9.72 Å². The van der Waals surface area contributed by atoms with E-state index in [1.165, 1.54) is 5.56 Å². The Morgan fingerprint density at radius 1 is 1.29 bits per heavy atom. The van der Waals surface area contributed by atoms with Crippen molar-refractivity contribution in [2.24, 2.45) is 0 Å². The number of hydrogen-bond acceptors (Lipinski definition) is 2. The first-order chi connectivity index (χ1) is 8.15. The van der Waals surface area contributed by atoms with Gasteiger partial charge in [-0.2, -0.15) is 0 Å². The van der Waals surface area contributed by atoms with Gasteiger partial charge in [0, 0.05) is 6.42 Å². The van der Waals surface area contributed by atoms with Crippen molar-refractivity contribution in [1.82, 2.24) is 9.97 Å². The number of aromatic nitrogens is 2. The fraction of sp³-hybridized carbons (Fsp3) is 0.308. The first-order valence-electron chi connectivity index (χ1n) is 5.58. The Hall–Kier alpha value is -1.29. The van der Waals surface area contributed by atoms with Crippen molar-refractivity contribution in [3.05, 3.63) is 46.5 Å². The summed E-state index contributed by atoms with van der Waals surface area (Å²) in [5.74, 6) is 0.910.